The molecule has 3 aliphatic rings. The van der Waals surface area contributed by atoms with Gasteiger partial charge in [-0.25, -0.2) is 9.59 Å². The van der Waals surface area contributed by atoms with Crippen LogP contribution in [0.3, 0.4) is 0 Å². The largest absolute Gasteiger partial charge is 0.490 e. The van der Waals surface area contributed by atoms with Gasteiger partial charge in [0, 0.05) is 74.4 Å². The van der Waals surface area contributed by atoms with Gasteiger partial charge >= 0.3 is 24.3 Å². The fraction of sp³-hybridized carbons (Fsp3) is 0.643. The summed E-state index contributed by atoms with van der Waals surface area (Å²) in [4.78, 5) is 41.8. The normalized spacial score (nSPS) is 22.5. The predicted molar refractivity (Wildman–Crippen MR) is 153 cm³/mol. The minimum absolute atomic E-state index is 0.278. The summed E-state index contributed by atoms with van der Waals surface area (Å²) >= 11 is 1.90. The van der Waals surface area contributed by atoms with Crippen LogP contribution in [0.25, 0.3) is 0 Å². The fourth-order valence-electron chi connectivity index (χ4n) is 5.91. The van der Waals surface area contributed by atoms with E-state index in [1.807, 2.05) is 29.3 Å². The van der Waals surface area contributed by atoms with Crippen LogP contribution in [-0.2, 0) is 39.3 Å². The molecule has 0 unspecified atom stereocenters. The average molecular weight is 686 g/mol. The molecule has 11 nitrogen and oxygen atoms in total. The number of carbonyl (C=O) groups excluding carboxylic acids is 1. The summed E-state index contributed by atoms with van der Waals surface area (Å²) in [6, 6.07) is 4.48. The molecule has 5 heterocycles. The van der Waals surface area contributed by atoms with E-state index in [9.17, 15) is 31.1 Å². The SMILES string of the molecule is Cc1ccc(CN2CCC[C@]3(C(=O)N4CCOCC4)CN(Cc4cnn(C)c4)C[C@@H]3C2)s1.O=C(O)C(F)(F)F.O=C(O)C(F)(F)F. The topological polar surface area (TPSA) is 128 Å². The van der Waals surface area contributed by atoms with Crippen molar-refractivity contribution in [2.24, 2.45) is 18.4 Å². The number of alkyl halides is 6. The highest BCUT2D eigenvalue weighted by Crippen LogP contribution is 2.45. The van der Waals surface area contributed by atoms with Crippen molar-refractivity contribution >= 4 is 29.2 Å². The predicted octanol–water partition coefficient (Wildman–Crippen LogP) is 3.63. The first kappa shape index (κ1) is 37.2. The number of thiophene rings is 1. The number of halogens is 6. The zero-order valence-corrected chi connectivity index (χ0v) is 26.1. The lowest BCUT2D eigenvalue weighted by Gasteiger charge is -2.39. The Morgan fingerprint density at radius 3 is 2.07 bits per heavy atom. The van der Waals surface area contributed by atoms with Crippen molar-refractivity contribution in [3.05, 3.63) is 39.8 Å². The molecular weight excluding hydrogens is 648 g/mol. The second-order valence-electron chi connectivity index (χ2n) is 11.4. The highest BCUT2D eigenvalue weighted by Gasteiger charge is 2.54. The number of aryl methyl sites for hydroxylation is 2. The van der Waals surface area contributed by atoms with E-state index in [1.165, 1.54) is 15.3 Å². The summed E-state index contributed by atoms with van der Waals surface area (Å²) in [5.74, 6) is -4.79. The van der Waals surface area contributed by atoms with E-state index in [1.54, 1.807) is 0 Å². The molecule has 3 fully saturated rings. The van der Waals surface area contributed by atoms with Gasteiger partial charge in [-0.15, -0.1) is 11.3 Å². The number of carbonyl (C=O) groups is 3. The number of aromatic nitrogens is 2. The molecule has 2 aromatic heterocycles. The number of carboxylic acids is 2. The summed E-state index contributed by atoms with van der Waals surface area (Å²) in [6.45, 7) is 10.7. The summed E-state index contributed by atoms with van der Waals surface area (Å²) in [5.41, 5.74) is 0.948. The Labute approximate surface area is 265 Å². The van der Waals surface area contributed by atoms with Gasteiger partial charge < -0.3 is 19.8 Å². The quantitative estimate of drug-likeness (QED) is 0.454. The van der Waals surface area contributed by atoms with Gasteiger partial charge in [0.25, 0.3) is 0 Å². The van der Waals surface area contributed by atoms with Crippen LogP contribution in [0.4, 0.5) is 26.3 Å². The van der Waals surface area contributed by atoms with Crippen molar-refractivity contribution < 1.29 is 55.7 Å². The third kappa shape index (κ3) is 10.4. The third-order valence-corrected chi connectivity index (χ3v) is 8.88. The maximum Gasteiger partial charge on any atom is 0.490 e. The van der Waals surface area contributed by atoms with Gasteiger partial charge in [-0.2, -0.15) is 31.4 Å². The van der Waals surface area contributed by atoms with E-state index in [2.05, 4.69) is 45.1 Å². The first-order valence-corrected chi connectivity index (χ1v) is 15.2. The van der Waals surface area contributed by atoms with Gasteiger partial charge in [0.15, 0.2) is 0 Å². The number of aliphatic carboxylic acids is 2. The molecule has 0 saturated carbocycles. The summed E-state index contributed by atoms with van der Waals surface area (Å²) in [6.07, 6.45) is -4.05. The molecule has 0 aromatic carbocycles. The molecule has 3 aliphatic heterocycles. The Balaban J connectivity index is 0.000000345. The number of nitrogens with zero attached hydrogens (tertiary/aromatic N) is 5. The second kappa shape index (κ2) is 15.6. The van der Waals surface area contributed by atoms with Gasteiger partial charge in [0.2, 0.25) is 5.91 Å². The van der Waals surface area contributed by atoms with Crippen LogP contribution in [0.1, 0.15) is 28.2 Å². The number of ether oxygens (including phenoxy) is 1. The van der Waals surface area contributed by atoms with Crippen molar-refractivity contribution in [1.82, 2.24) is 24.5 Å². The third-order valence-electron chi connectivity index (χ3n) is 7.89. The molecule has 3 saturated heterocycles. The Morgan fingerprint density at radius 2 is 1.57 bits per heavy atom. The molecule has 0 aliphatic carbocycles. The van der Waals surface area contributed by atoms with Crippen LogP contribution in [0, 0.1) is 18.3 Å². The number of hydrogen-bond acceptors (Lipinski definition) is 8. The molecule has 46 heavy (non-hydrogen) atoms. The lowest BCUT2D eigenvalue weighted by molar-refractivity contribution is -0.193. The van der Waals surface area contributed by atoms with Crippen molar-refractivity contribution in [3.63, 3.8) is 0 Å². The lowest BCUT2D eigenvalue weighted by atomic mass is 9.73. The van der Waals surface area contributed by atoms with Gasteiger partial charge in [-0.1, -0.05) is 0 Å². The summed E-state index contributed by atoms with van der Waals surface area (Å²) in [7, 11) is 1.96. The van der Waals surface area contributed by atoms with E-state index < -0.39 is 24.3 Å². The molecule has 2 aromatic rings. The smallest absolute Gasteiger partial charge is 0.475 e. The molecule has 1 amide bonds. The Bertz CT molecular complexity index is 1300. The zero-order valence-electron chi connectivity index (χ0n) is 25.3. The number of morpholine rings is 1. The standard InChI is InChI=1S/C24H35N5O2S.2C2HF3O2/c1-19-4-5-22(32-19)17-27-7-3-6-24(23(30)29-8-10-31-11-9-29)18-28(16-21(24)15-27)14-20-12-25-26(2)13-20;2*3-2(4,5)1(6)7/h4-5,12-13,21H,3,6-11,14-18H2,1-2H3;2*(H,6,7)/t21-,24-;;/m0../s1. The minimum Gasteiger partial charge on any atom is -0.475 e. The van der Waals surface area contributed by atoms with Gasteiger partial charge in [-0.05, 0) is 44.4 Å². The molecule has 0 radical (unpaired) electrons. The molecule has 0 spiro atoms. The van der Waals surface area contributed by atoms with Gasteiger partial charge in [0.05, 0.1) is 24.8 Å². The highest BCUT2D eigenvalue weighted by molar-refractivity contribution is 7.11. The number of likely N-dealkylation sites (tertiary alicyclic amines) is 2. The van der Waals surface area contributed by atoms with Crippen molar-refractivity contribution in [3.8, 4) is 0 Å². The van der Waals surface area contributed by atoms with Crippen LogP contribution < -0.4 is 0 Å². The first-order valence-electron chi connectivity index (χ1n) is 14.4. The fourth-order valence-corrected chi connectivity index (χ4v) is 6.85. The molecule has 18 heteroatoms. The van der Waals surface area contributed by atoms with Gasteiger partial charge in [-0.3, -0.25) is 19.3 Å². The van der Waals surface area contributed by atoms with Crippen LogP contribution >= 0.6 is 11.3 Å². The summed E-state index contributed by atoms with van der Waals surface area (Å²) in [5, 5.41) is 18.6. The molecule has 2 N–H and O–H groups in total. The Kier molecular flexibility index (Phi) is 12.6. The van der Waals surface area contributed by atoms with E-state index in [0.29, 0.717) is 25.0 Å². The van der Waals surface area contributed by atoms with E-state index >= 15 is 0 Å². The number of amides is 1. The second-order valence-corrected chi connectivity index (χ2v) is 12.8. The van der Waals surface area contributed by atoms with Crippen LogP contribution in [0.2, 0.25) is 0 Å². The van der Waals surface area contributed by atoms with Crippen LogP contribution in [-0.4, -0.2) is 117 Å². The van der Waals surface area contributed by atoms with Crippen LogP contribution in [0.15, 0.2) is 24.5 Å². The van der Waals surface area contributed by atoms with Crippen molar-refractivity contribution in [2.75, 3.05) is 52.5 Å². The average Bonchev–Trinajstić information content (AvgIpc) is 3.64. The monoisotopic (exact) mass is 685 g/mol. The van der Waals surface area contributed by atoms with Crippen molar-refractivity contribution in [1.29, 1.82) is 0 Å². The molecule has 0 bridgehead atoms. The van der Waals surface area contributed by atoms with E-state index in [0.717, 1.165) is 65.2 Å². The number of hydrogen-bond donors (Lipinski definition) is 2. The first-order chi connectivity index (χ1) is 21.4. The Hall–Kier alpha value is -3.22. The zero-order chi connectivity index (χ0) is 34.3. The number of carboxylic acid groups (broad SMARTS) is 2. The molecule has 2 atom stereocenters. The molecular formula is C28H37F6N5O6S. The van der Waals surface area contributed by atoms with Crippen molar-refractivity contribution in [2.45, 2.75) is 45.2 Å². The Morgan fingerprint density at radius 1 is 0.978 bits per heavy atom. The van der Waals surface area contributed by atoms with Gasteiger partial charge in [0.1, 0.15) is 0 Å². The lowest BCUT2D eigenvalue weighted by Crippen LogP contribution is -2.52. The number of fused-ring (bicyclic) bond motifs is 1. The minimum atomic E-state index is -5.08. The summed E-state index contributed by atoms with van der Waals surface area (Å²) < 4.78 is 70.9. The molecule has 258 valence electrons. The maximum atomic E-state index is 14.0. The van der Waals surface area contributed by atoms with E-state index in [-0.39, 0.29) is 5.41 Å². The highest BCUT2D eigenvalue weighted by atomic mass is 32.1. The van der Waals surface area contributed by atoms with Crippen LogP contribution in [0.5, 0.6) is 0 Å². The molecule has 5 rings (SSSR count). The number of rotatable bonds is 5. The van der Waals surface area contributed by atoms with E-state index in [4.69, 9.17) is 24.5 Å². The maximum absolute atomic E-state index is 14.0.